The molecular weight excluding hydrogens is 332 g/mol. The van der Waals surface area contributed by atoms with Crippen molar-refractivity contribution in [1.29, 1.82) is 0 Å². The van der Waals surface area contributed by atoms with Gasteiger partial charge in [-0.2, -0.15) is 0 Å². The zero-order valence-electron chi connectivity index (χ0n) is 14.9. The molecule has 0 unspecified atom stereocenters. The molecule has 0 radical (unpaired) electrons. The molecular formula is C20H20N2O4. The zero-order valence-corrected chi connectivity index (χ0v) is 14.9. The Morgan fingerprint density at radius 1 is 1.00 bits per heavy atom. The van der Waals surface area contributed by atoms with Gasteiger partial charge in [-0.05, 0) is 35.2 Å². The quantitative estimate of drug-likeness (QED) is 0.687. The number of ketones is 1. The summed E-state index contributed by atoms with van der Waals surface area (Å²) in [4.78, 5) is 17.4. The molecule has 0 aliphatic carbocycles. The van der Waals surface area contributed by atoms with Crippen LogP contribution in [0.4, 0.5) is 0 Å². The highest BCUT2D eigenvalue weighted by molar-refractivity contribution is 6.15. The van der Waals surface area contributed by atoms with Crippen molar-refractivity contribution in [3.8, 4) is 17.2 Å². The Bertz CT molecular complexity index is 969. The molecule has 6 nitrogen and oxygen atoms in total. The average molecular weight is 352 g/mol. The summed E-state index contributed by atoms with van der Waals surface area (Å²) in [5.41, 5.74) is 7.48. The number of nitrogens with two attached hydrogens (primary N) is 1. The lowest BCUT2D eigenvalue weighted by atomic mass is 9.99. The van der Waals surface area contributed by atoms with Crippen LogP contribution in [0.3, 0.4) is 0 Å². The van der Waals surface area contributed by atoms with E-state index in [0.717, 1.165) is 10.9 Å². The lowest BCUT2D eigenvalue weighted by Crippen LogP contribution is -2.08. The molecule has 0 saturated carbocycles. The minimum absolute atomic E-state index is 0.204. The molecule has 0 aliphatic rings. The van der Waals surface area contributed by atoms with Gasteiger partial charge in [0, 0.05) is 23.7 Å². The number of carbonyl (C=O) groups is 1. The third-order valence-corrected chi connectivity index (χ3v) is 4.24. The minimum atomic E-state index is -0.204. The van der Waals surface area contributed by atoms with E-state index in [2.05, 4.69) is 4.98 Å². The highest BCUT2D eigenvalue weighted by Crippen LogP contribution is 2.35. The lowest BCUT2D eigenvalue weighted by molar-refractivity contribution is 0.103. The number of hydrogen-bond donors (Lipinski definition) is 1. The first-order chi connectivity index (χ1) is 12.6. The third-order valence-electron chi connectivity index (χ3n) is 4.24. The van der Waals surface area contributed by atoms with Crippen molar-refractivity contribution in [2.45, 2.75) is 6.54 Å². The lowest BCUT2D eigenvalue weighted by Gasteiger charge is -2.13. The second-order valence-electron chi connectivity index (χ2n) is 5.65. The number of rotatable bonds is 6. The maximum absolute atomic E-state index is 13.1. The van der Waals surface area contributed by atoms with E-state index in [1.807, 2.05) is 6.07 Å². The second-order valence-corrected chi connectivity index (χ2v) is 5.65. The number of fused-ring (bicyclic) bond motifs is 1. The monoisotopic (exact) mass is 352 g/mol. The fraction of sp³-hybridized carbons (Fsp3) is 0.200. The summed E-state index contributed by atoms with van der Waals surface area (Å²) in [5.74, 6) is 1.50. The summed E-state index contributed by atoms with van der Waals surface area (Å²) in [6, 6.07) is 10.6. The predicted molar refractivity (Wildman–Crippen MR) is 99.2 cm³/mol. The molecule has 1 heterocycles. The summed E-state index contributed by atoms with van der Waals surface area (Å²) in [5, 5.41) is 1.48. The van der Waals surface area contributed by atoms with Crippen molar-refractivity contribution < 1.29 is 19.0 Å². The number of carbonyl (C=O) groups excluding carboxylic acids is 1. The topological polar surface area (TPSA) is 83.7 Å². The van der Waals surface area contributed by atoms with Crippen LogP contribution in [0.1, 0.15) is 21.6 Å². The van der Waals surface area contributed by atoms with Gasteiger partial charge < -0.3 is 19.9 Å². The van der Waals surface area contributed by atoms with E-state index in [1.54, 1.807) is 57.9 Å². The first-order valence-corrected chi connectivity index (χ1v) is 8.05. The Morgan fingerprint density at radius 2 is 1.69 bits per heavy atom. The van der Waals surface area contributed by atoms with Crippen molar-refractivity contribution in [3.05, 3.63) is 59.4 Å². The van der Waals surface area contributed by atoms with Crippen molar-refractivity contribution >= 4 is 16.6 Å². The van der Waals surface area contributed by atoms with Crippen molar-refractivity contribution in [2.75, 3.05) is 21.3 Å². The molecule has 0 fully saturated rings. The Labute approximate surface area is 151 Å². The van der Waals surface area contributed by atoms with Crippen LogP contribution in [-0.4, -0.2) is 32.1 Å². The van der Waals surface area contributed by atoms with Gasteiger partial charge in [0.15, 0.2) is 11.5 Å². The molecule has 2 N–H and O–H groups in total. The maximum atomic E-state index is 13.1. The number of hydrogen-bond acceptors (Lipinski definition) is 6. The molecule has 0 bridgehead atoms. The van der Waals surface area contributed by atoms with Gasteiger partial charge in [-0.1, -0.05) is 12.1 Å². The van der Waals surface area contributed by atoms with E-state index < -0.39 is 0 Å². The SMILES string of the molecule is COc1cccc(C(=O)c2ncc(CN)c3cc(OC)c(OC)cc23)c1. The number of methoxy groups -OCH3 is 3. The van der Waals surface area contributed by atoms with Crippen molar-refractivity contribution in [2.24, 2.45) is 5.73 Å². The largest absolute Gasteiger partial charge is 0.497 e. The Morgan fingerprint density at radius 3 is 2.31 bits per heavy atom. The van der Waals surface area contributed by atoms with Gasteiger partial charge in [-0.25, -0.2) is 0 Å². The molecule has 3 aromatic rings. The molecule has 6 heteroatoms. The van der Waals surface area contributed by atoms with Crippen LogP contribution in [0.15, 0.2) is 42.6 Å². The van der Waals surface area contributed by atoms with Gasteiger partial charge in [0.1, 0.15) is 11.4 Å². The molecule has 2 aromatic carbocycles. The number of pyridine rings is 1. The molecule has 0 saturated heterocycles. The number of benzene rings is 2. The smallest absolute Gasteiger partial charge is 0.212 e. The highest BCUT2D eigenvalue weighted by Gasteiger charge is 2.19. The van der Waals surface area contributed by atoms with Gasteiger partial charge in [0.2, 0.25) is 5.78 Å². The zero-order chi connectivity index (χ0) is 18.7. The van der Waals surface area contributed by atoms with E-state index in [4.69, 9.17) is 19.9 Å². The van der Waals surface area contributed by atoms with Crippen LogP contribution in [0, 0.1) is 0 Å². The Kier molecular flexibility index (Phi) is 5.04. The molecule has 1 aromatic heterocycles. The molecule has 0 aliphatic heterocycles. The van der Waals surface area contributed by atoms with E-state index >= 15 is 0 Å². The van der Waals surface area contributed by atoms with E-state index in [0.29, 0.717) is 40.4 Å². The predicted octanol–water partition coefficient (Wildman–Crippen LogP) is 2.95. The van der Waals surface area contributed by atoms with Crippen molar-refractivity contribution in [1.82, 2.24) is 4.98 Å². The molecule has 0 atom stereocenters. The molecule has 26 heavy (non-hydrogen) atoms. The summed E-state index contributed by atoms with van der Waals surface area (Å²) >= 11 is 0. The van der Waals surface area contributed by atoms with Crippen LogP contribution < -0.4 is 19.9 Å². The summed E-state index contributed by atoms with van der Waals surface area (Å²) in [7, 11) is 4.67. The molecule has 134 valence electrons. The van der Waals surface area contributed by atoms with Crippen LogP contribution in [0.2, 0.25) is 0 Å². The molecule has 3 rings (SSSR count). The first kappa shape index (κ1) is 17.7. The second kappa shape index (κ2) is 7.41. The Hall–Kier alpha value is -3.12. The Balaban J connectivity index is 2.23. The van der Waals surface area contributed by atoms with Crippen molar-refractivity contribution in [3.63, 3.8) is 0 Å². The van der Waals surface area contributed by atoms with Crippen LogP contribution >= 0.6 is 0 Å². The number of nitrogens with zero attached hydrogens (tertiary/aromatic N) is 1. The van der Waals surface area contributed by atoms with Gasteiger partial charge in [0.05, 0.1) is 21.3 Å². The molecule has 0 amide bonds. The standard InChI is InChI=1S/C20H20N2O4/c1-24-14-6-4-5-12(7-14)20(23)19-16-9-18(26-3)17(25-2)8-15(16)13(10-21)11-22-19/h4-9,11H,10,21H2,1-3H3. The highest BCUT2D eigenvalue weighted by atomic mass is 16.5. The number of aromatic nitrogens is 1. The van der Waals surface area contributed by atoms with Gasteiger partial charge in [-0.3, -0.25) is 9.78 Å². The fourth-order valence-electron chi connectivity index (χ4n) is 2.87. The summed E-state index contributed by atoms with van der Waals surface area (Å²) in [6.07, 6.45) is 1.63. The fourth-order valence-corrected chi connectivity index (χ4v) is 2.87. The van der Waals surface area contributed by atoms with Gasteiger partial charge in [-0.15, -0.1) is 0 Å². The van der Waals surface area contributed by atoms with Crippen LogP contribution in [0.5, 0.6) is 17.2 Å². The van der Waals surface area contributed by atoms with Crippen LogP contribution in [-0.2, 0) is 6.54 Å². The minimum Gasteiger partial charge on any atom is -0.497 e. The van der Waals surface area contributed by atoms with Crippen LogP contribution in [0.25, 0.3) is 10.8 Å². The average Bonchev–Trinajstić information content (AvgIpc) is 2.71. The first-order valence-electron chi connectivity index (χ1n) is 8.05. The molecule has 0 spiro atoms. The van der Waals surface area contributed by atoms with Gasteiger partial charge in [0.25, 0.3) is 0 Å². The van der Waals surface area contributed by atoms with E-state index in [9.17, 15) is 4.79 Å². The summed E-state index contributed by atoms with van der Waals surface area (Å²) < 4.78 is 16.0. The van der Waals surface area contributed by atoms with E-state index in [-0.39, 0.29) is 5.78 Å². The van der Waals surface area contributed by atoms with E-state index in [1.165, 1.54) is 0 Å². The normalized spacial score (nSPS) is 10.6. The maximum Gasteiger partial charge on any atom is 0.212 e. The number of ether oxygens (including phenoxy) is 3. The van der Waals surface area contributed by atoms with Gasteiger partial charge >= 0.3 is 0 Å². The summed E-state index contributed by atoms with van der Waals surface area (Å²) in [6.45, 7) is 0.298. The third kappa shape index (κ3) is 3.07.